The van der Waals surface area contributed by atoms with E-state index in [0.29, 0.717) is 29.1 Å². The molecular weight excluding hydrogens is 348 g/mol. The van der Waals surface area contributed by atoms with Crippen LogP contribution in [0.4, 0.5) is 5.69 Å². The minimum atomic E-state index is -1.06. The summed E-state index contributed by atoms with van der Waals surface area (Å²) in [5, 5.41) is 11.4. The van der Waals surface area contributed by atoms with Gasteiger partial charge < -0.3 is 20.1 Å². The Morgan fingerprint density at radius 2 is 1.81 bits per heavy atom. The van der Waals surface area contributed by atoms with Crippen LogP contribution < -0.4 is 10.1 Å². The average Bonchev–Trinajstić information content (AvgIpc) is 2.67. The summed E-state index contributed by atoms with van der Waals surface area (Å²) < 4.78 is 5.11. The van der Waals surface area contributed by atoms with Crippen LogP contribution in [0.5, 0.6) is 5.75 Å². The Kier molecular flexibility index (Phi) is 6.54. The molecule has 142 valence electrons. The van der Waals surface area contributed by atoms with Gasteiger partial charge in [0.05, 0.1) is 0 Å². The number of carboxylic acids is 1. The minimum Gasteiger partial charge on any atom is -0.482 e. The first-order valence-electron chi connectivity index (χ1n) is 8.44. The number of hydrogen-bond donors (Lipinski definition) is 2. The lowest BCUT2D eigenvalue weighted by Crippen LogP contribution is -2.26. The summed E-state index contributed by atoms with van der Waals surface area (Å²) in [4.78, 5) is 36.9. The van der Waals surface area contributed by atoms with Crippen LogP contribution in [0, 0.1) is 6.92 Å². The molecule has 2 amide bonds. The Hall–Kier alpha value is -3.35. The fourth-order valence-corrected chi connectivity index (χ4v) is 2.36. The van der Waals surface area contributed by atoms with E-state index in [1.54, 1.807) is 61.3 Å². The summed E-state index contributed by atoms with van der Waals surface area (Å²) in [6, 6.07) is 11.4. The molecule has 2 aromatic rings. The third-order valence-electron chi connectivity index (χ3n) is 4.00. The second-order valence-corrected chi connectivity index (χ2v) is 6.01. The van der Waals surface area contributed by atoms with E-state index in [-0.39, 0.29) is 11.8 Å². The van der Waals surface area contributed by atoms with Crippen LogP contribution >= 0.6 is 0 Å². The molecule has 0 bridgehead atoms. The van der Waals surface area contributed by atoms with Crippen LogP contribution in [0.25, 0.3) is 0 Å². The number of anilines is 1. The van der Waals surface area contributed by atoms with Gasteiger partial charge >= 0.3 is 5.97 Å². The molecule has 27 heavy (non-hydrogen) atoms. The first-order valence-corrected chi connectivity index (χ1v) is 8.44. The van der Waals surface area contributed by atoms with Gasteiger partial charge in [-0.2, -0.15) is 0 Å². The van der Waals surface area contributed by atoms with Crippen molar-refractivity contribution in [2.24, 2.45) is 0 Å². The van der Waals surface area contributed by atoms with Gasteiger partial charge in [0.25, 0.3) is 11.8 Å². The molecule has 2 aromatic carbocycles. The zero-order chi connectivity index (χ0) is 20.0. The van der Waals surface area contributed by atoms with Gasteiger partial charge in [0.2, 0.25) is 0 Å². The Labute approximate surface area is 157 Å². The lowest BCUT2D eigenvalue weighted by Gasteiger charge is -2.15. The normalized spacial score (nSPS) is 10.2. The molecule has 0 unspecified atom stereocenters. The van der Waals surface area contributed by atoms with Crippen LogP contribution in [-0.4, -0.2) is 48.0 Å². The van der Waals surface area contributed by atoms with E-state index in [4.69, 9.17) is 9.84 Å². The monoisotopic (exact) mass is 370 g/mol. The number of amides is 2. The third kappa shape index (κ3) is 5.31. The summed E-state index contributed by atoms with van der Waals surface area (Å²) in [6.07, 6.45) is 0. The number of benzene rings is 2. The lowest BCUT2D eigenvalue weighted by molar-refractivity contribution is -0.139. The molecule has 0 atom stereocenters. The molecule has 7 heteroatoms. The van der Waals surface area contributed by atoms with E-state index in [1.807, 2.05) is 6.92 Å². The zero-order valence-corrected chi connectivity index (χ0v) is 15.5. The highest BCUT2D eigenvalue weighted by Gasteiger charge is 2.14. The highest BCUT2D eigenvalue weighted by molar-refractivity contribution is 6.06. The maximum Gasteiger partial charge on any atom is 0.341 e. The van der Waals surface area contributed by atoms with Gasteiger partial charge in [0, 0.05) is 30.4 Å². The number of carbonyl (C=O) groups excluding carboxylic acids is 2. The molecule has 0 heterocycles. The van der Waals surface area contributed by atoms with E-state index in [2.05, 4.69) is 5.32 Å². The van der Waals surface area contributed by atoms with Crippen molar-refractivity contribution in [1.82, 2.24) is 4.90 Å². The highest BCUT2D eigenvalue weighted by atomic mass is 16.5. The van der Waals surface area contributed by atoms with Crippen molar-refractivity contribution in [3.63, 3.8) is 0 Å². The van der Waals surface area contributed by atoms with Gasteiger partial charge in [-0.3, -0.25) is 9.59 Å². The van der Waals surface area contributed by atoms with Crippen LogP contribution in [-0.2, 0) is 4.79 Å². The SMILES string of the molecule is CCN(C)C(=O)c1cccc(C(=O)Nc2ccc(OCC(=O)O)cc2C)c1. The number of rotatable bonds is 7. The number of carboxylic acid groups (broad SMARTS) is 1. The molecule has 0 spiro atoms. The highest BCUT2D eigenvalue weighted by Crippen LogP contribution is 2.22. The van der Waals surface area contributed by atoms with Gasteiger partial charge in [0.1, 0.15) is 5.75 Å². The predicted octanol–water partition coefficient (Wildman–Crippen LogP) is 2.80. The van der Waals surface area contributed by atoms with Gasteiger partial charge in [-0.1, -0.05) is 6.07 Å². The molecule has 0 saturated carbocycles. The zero-order valence-electron chi connectivity index (χ0n) is 15.5. The number of nitrogens with one attached hydrogen (secondary N) is 1. The fraction of sp³-hybridized carbons (Fsp3) is 0.250. The average molecular weight is 370 g/mol. The Morgan fingerprint density at radius 1 is 1.11 bits per heavy atom. The number of nitrogens with zero attached hydrogens (tertiary/aromatic N) is 1. The topological polar surface area (TPSA) is 95.9 Å². The summed E-state index contributed by atoms with van der Waals surface area (Å²) in [5.74, 6) is -1.15. The Balaban J connectivity index is 2.13. The smallest absolute Gasteiger partial charge is 0.341 e. The third-order valence-corrected chi connectivity index (χ3v) is 4.00. The first kappa shape index (κ1) is 20.0. The molecule has 0 fully saturated rings. The molecule has 0 aliphatic carbocycles. The molecule has 2 N–H and O–H groups in total. The number of aliphatic carboxylic acids is 1. The minimum absolute atomic E-state index is 0.150. The number of ether oxygens (including phenoxy) is 1. The second-order valence-electron chi connectivity index (χ2n) is 6.01. The summed E-state index contributed by atoms with van der Waals surface area (Å²) in [5.41, 5.74) is 2.12. The van der Waals surface area contributed by atoms with Crippen molar-refractivity contribution in [2.45, 2.75) is 13.8 Å². The molecular formula is C20H22N2O5. The van der Waals surface area contributed by atoms with E-state index in [9.17, 15) is 14.4 Å². The van der Waals surface area contributed by atoms with E-state index in [1.165, 1.54) is 0 Å². The van der Waals surface area contributed by atoms with Gasteiger partial charge in [-0.25, -0.2) is 4.79 Å². The number of aryl methyl sites for hydroxylation is 1. The molecule has 0 saturated heterocycles. The Morgan fingerprint density at radius 3 is 2.44 bits per heavy atom. The largest absolute Gasteiger partial charge is 0.482 e. The standard InChI is InChI=1S/C20H22N2O5/c1-4-22(3)20(26)15-7-5-6-14(11-15)19(25)21-17-9-8-16(10-13(17)2)27-12-18(23)24/h5-11H,4,12H2,1-3H3,(H,21,25)(H,23,24). The molecule has 0 aliphatic rings. The molecule has 0 aromatic heterocycles. The molecule has 0 aliphatic heterocycles. The number of hydrogen-bond acceptors (Lipinski definition) is 4. The lowest BCUT2D eigenvalue weighted by atomic mass is 10.1. The van der Waals surface area contributed by atoms with Crippen LogP contribution in [0.3, 0.4) is 0 Å². The summed E-state index contributed by atoms with van der Waals surface area (Å²) in [6.45, 7) is 3.80. The van der Waals surface area contributed by atoms with E-state index in [0.717, 1.165) is 5.56 Å². The van der Waals surface area contributed by atoms with Crippen molar-refractivity contribution in [2.75, 3.05) is 25.5 Å². The van der Waals surface area contributed by atoms with Crippen molar-refractivity contribution >= 4 is 23.5 Å². The van der Waals surface area contributed by atoms with Crippen molar-refractivity contribution in [1.29, 1.82) is 0 Å². The summed E-state index contributed by atoms with van der Waals surface area (Å²) >= 11 is 0. The second kappa shape index (κ2) is 8.84. The molecule has 2 rings (SSSR count). The quantitative estimate of drug-likeness (QED) is 0.781. The maximum atomic E-state index is 12.5. The van der Waals surface area contributed by atoms with Crippen molar-refractivity contribution in [3.8, 4) is 5.75 Å². The Bertz CT molecular complexity index is 863. The van der Waals surface area contributed by atoms with Gasteiger partial charge in [0.15, 0.2) is 6.61 Å². The van der Waals surface area contributed by atoms with E-state index >= 15 is 0 Å². The van der Waals surface area contributed by atoms with Crippen molar-refractivity contribution in [3.05, 3.63) is 59.2 Å². The summed E-state index contributed by atoms with van der Waals surface area (Å²) in [7, 11) is 1.70. The predicted molar refractivity (Wildman–Crippen MR) is 101 cm³/mol. The van der Waals surface area contributed by atoms with Crippen LogP contribution in [0.1, 0.15) is 33.2 Å². The maximum absolute atomic E-state index is 12.5. The van der Waals surface area contributed by atoms with Gasteiger partial charge in [-0.15, -0.1) is 0 Å². The number of carbonyl (C=O) groups is 3. The molecule has 7 nitrogen and oxygen atoms in total. The van der Waals surface area contributed by atoms with Gasteiger partial charge in [-0.05, 0) is 55.8 Å². The van der Waals surface area contributed by atoms with Crippen LogP contribution in [0.15, 0.2) is 42.5 Å². The molecule has 0 radical (unpaired) electrons. The first-order chi connectivity index (χ1) is 12.8. The van der Waals surface area contributed by atoms with Crippen LogP contribution in [0.2, 0.25) is 0 Å². The van der Waals surface area contributed by atoms with E-state index < -0.39 is 12.6 Å². The van der Waals surface area contributed by atoms with Crippen molar-refractivity contribution < 1.29 is 24.2 Å². The fourth-order valence-electron chi connectivity index (χ4n) is 2.36.